The van der Waals surface area contributed by atoms with Gasteiger partial charge in [-0.05, 0) is 54.2 Å². The van der Waals surface area contributed by atoms with Gasteiger partial charge in [0.1, 0.15) is 17.6 Å². The molecule has 0 spiro atoms. The highest BCUT2D eigenvalue weighted by Gasteiger charge is 2.32. The van der Waals surface area contributed by atoms with Crippen molar-refractivity contribution in [1.82, 2.24) is 19.2 Å². The van der Waals surface area contributed by atoms with Gasteiger partial charge in [0.05, 0.1) is 12.0 Å². The summed E-state index contributed by atoms with van der Waals surface area (Å²) in [6.07, 6.45) is 4.49. The Labute approximate surface area is 207 Å². The third-order valence-corrected chi connectivity index (χ3v) is 8.24. The van der Waals surface area contributed by atoms with Crippen molar-refractivity contribution < 1.29 is 17.9 Å². The SMILES string of the molecule is COc1ccc([C@H](NC(=O)c2cccc(S(=O)(=O)N3C[C@H](C)C[C@@H](C)C3)c2)c2nccn2C)cc1. The Morgan fingerprint density at radius 2 is 1.80 bits per heavy atom. The van der Waals surface area contributed by atoms with Crippen molar-refractivity contribution in [2.24, 2.45) is 18.9 Å². The second-order valence-corrected chi connectivity index (χ2v) is 11.3. The van der Waals surface area contributed by atoms with Gasteiger partial charge < -0.3 is 14.6 Å². The molecule has 0 bridgehead atoms. The summed E-state index contributed by atoms with van der Waals surface area (Å²) in [6.45, 7) is 5.11. The van der Waals surface area contributed by atoms with Gasteiger partial charge in [-0.15, -0.1) is 0 Å². The first kappa shape index (κ1) is 24.9. The summed E-state index contributed by atoms with van der Waals surface area (Å²) in [5.41, 5.74) is 1.10. The van der Waals surface area contributed by atoms with E-state index < -0.39 is 16.1 Å². The Kier molecular flexibility index (Phi) is 7.28. The number of hydrogen-bond donors (Lipinski definition) is 1. The molecule has 1 fully saturated rings. The molecule has 35 heavy (non-hydrogen) atoms. The molecule has 9 heteroatoms. The second-order valence-electron chi connectivity index (χ2n) is 9.37. The van der Waals surface area contributed by atoms with Crippen LogP contribution in [0.25, 0.3) is 0 Å². The molecule has 2 heterocycles. The Balaban J connectivity index is 1.61. The van der Waals surface area contributed by atoms with E-state index >= 15 is 0 Å². The van der Waals surface area contributed by atoms with Crippen molar-refractivity contribution >= 4 is 15.9 Å². The summed E-state index contributed by atoms with van der Waals surface area (Å²) in [6, 6.07) is 13.1. The third kappa shape index (κ3) is 5.41. The van der Waals surface area contributed by atoms with E-state index in [0.29, 0.717) is 36.5 Å². The standard InChI is InChI=1S/C26H32N4O4S/c1-18-14-19(2)17-30(16-18)35(32,33)23-7-5-6-21(15-23)26(31)28-24(25-27-12-13-29(25)3)20-8-10-22(34-4)11-9-20/h5-13,15,18-19,24H,14,16-17H2,1-4H3,(H,28,31)/t18-,19-,24+/m1/s1. The van der Waals surface area contributed by atoms with Crippen LogP contribution < -0.4 is 10.1 Å². The molecule has 0 aliphatic carbocycles. The lowest BCUT2D eigenvalue weighted by Gasteiger charge is -2.34. The van der Waals surface area contributed by atoms with E-state index in [1.165, 1.54) is 10.4 Å². The van der Waals surface area contributed by atoms with Crippen molar-refractivity contribution in [3.8, 4) is 5.75 Å². The molecule has 3 aromatic rings. The average Bonchev–Trinajstić information content (AvgIpc) is 3.27. The molecule has 2 aromatic carbocycles. The van der Waals surface area contributed by atoms with Crippen LogP contribution in [0.5, 0.6) is 5.75 Å². The Morgan fingerprint density at radius 3 is 2.40 bits per heavy atom. The molecule has 0 unspecified atom stereocenters. The maximum atomic E-state index is 13.4. The average molecular weight is 497 g/mol. The van der Waals surface area contributed by atoms with Crippen LogP contribution in [0.3, 0.4) is 0 Å². The lowest BCUT2D eigenvalue weighted by atomic mass is 9.94. The number of aryl methyl sites for hydroxylation is 1. The molecule has 8 nitrogen and oxygen atoms in total. The molecular weight excluding hydrogens is 464 g/mol. The minimum Gasteiger partial charge on any atom is -0.497 e. The number of aromatic nitrogens is 2. The van der Waals surface area contributed by atoms with Crippen LogP contribution in [-0.2, 0) is 17.1 Å². The minimum atomic E-state index is -3.70. The van der Waals surface area contributed by atoms with Crippen LogP contribution in [0.15, 0.2) is 65.8 Å². The molecular formula is C26H32N4O4S. The molecule has 1 saturated heterocycles. The van der Waals surface area contributed by atoms with Crippen LogP contribution in [0.4, 0.5) is 0 Å². The van der Waals surface area contributed by atoms with Crippen molar-refractivity contribution in [2.45, 2.75) is 31.2 Å². The van der Waals surface area contributed by atoms with E-state index in [2.05, 4.69) is 24.1 Å². The number of carbonyl (C=O) groups is 1. The zero-order chi connectivity index (χ0) is 25.2. The fourth-order valence-electron chi connectivity index (χ4n) is 4.71. The molecule has 0 saturated carbocycles. The molecule has 0 radical (unpaired) electrons. The summed E-state index contributed by atoms with van der Waals surface area (Å²) < 4.78 is 35.3. The number of amides is 1. The molecule has 1 aliphatic rings. The number of piperidine rings is 1. The second kappa shape index (κ2) is 10.2. The Bertz CT molecular complexity index is 1280. The first-order chi connectivity index (χ1) is 16.7. The topological polar surface area (TPSA) is 93.5 Å². The number of benzene rings is 2. The van der Waals surface area contributed by atoms with Crippen molar-refractivity contribution in [3.63, 3.8) is 0 Å². The number of methoxy groups -OCH3 is 1. The molecule has 1 amide bonds. The number of rotatable bonds is 7. The minimum absolute atomic E-state index is 0.129. The van der Waals surface area contributed by atoms with Gasteiger partial charge in [0, 0.05) is 38.1 Å². The summed E-state index contributed by atoms with van der Waals surface area (Å²) in [4.78, 5) is 17.9. The van der Waals surface area contributed by atoms with Crippen molar-refractivity contribution in [1.29, 1.82) is 0 Å². The first-order valence-electron chi connectivity index (χ1n) is 11.7. The number of nitrogens with zero attached hydrogens (tertiary/aromatic N) is 3. The number of imidazole rings is 1. The van der Waals surface area contributed by atoms with Gasteiger partial charge in [0.15, 0.2) is 0 Å². The smallest absolute Gasteiger partial charge is 0.252 e. The zero-order valence-corrected chi connectivity index (χ0v) is 21.3. The van der Waals surface area contributed by atoms with Gasteiger partial charge in [-0.3, -0.25) is 4.79 Å². The summed E-state index contributed by atoms with van der Waals surface area (Å²) >= 11 is 0. The quantitative estimate of drug-likeness (QED) is 0.539. The predicted octanol–water partition coefficient (Wildman–Crippen LogP) is 3.61. The van der Waals surface area contributed by atoms with Gasteiger partial charge in [-0.25, -0.2) is 13.4 Å². The Hall–Kier alpha value is -3.17. The highest BCUT2D eigenvalue weighted by atomic mass is 32.2. The largest absolute Gasteiger partial charge is 0.497 e. The number of sulfonamides is 1. The number of hydrogen-bond acceptors (Lipinski definition) is 5. The van der Waals surface area contributed by atoms with Crippen LogP contribution in [0.2, 0.25) is 0 Å². The van der Waals surface area contributed by atoms with E-state index in [9.17, 15) is 13.2 Å². The summed E-state index contributed by atoms with van der Waals surface area (Å²) in [7, 11) is -0.243. The van der Waals surface area contributed by atoms with Gasteiger partial charge in [-0.2, -0.15) is 4.31 Å². The molecule has 1 aromatic heterocycles. The van der Waals surface area contributed by atoms with Gasteiger partial charge in [-0.1, -0.05) is 32.0 Å². The normalized spacial score (nSPS) is 19.8. The third-order valence-electron chi connectivity index (χ3n) is 6.41. The predicted molar refractivity (Wildman–Crippen MR) is 134 cm³/mol. The fourth-order valence-corrected chi connectivity index (χ4v) is 6.44. The van der Waals surface area contributed by atoms with E-state index in [-0.39, 0.29) is 16.4 Å². The molecule has 3 atom stereocenters. The fraction of sp³-hybridized carbons (Fsp3) is 0.385. The monoisotopic (exact) mass is 496 g/mol. The van der Waals surface area contributed by atoms with E-state index in [1.54, 1.807) is 31.5 Å². The number of carbonyl (C=O) groups excluding carboxylic acids is 1. The lowest BCUT2D eigenvalue weighted by molar-refractivity contribution is 0.0941. The zero-order valence-electron chi connectivity index (χ0n) is 20.5. The van der Waals surface area contributed by atoms with Gasteiger partial charge in [0.25, 0.3) is 5.91 Å². The highest BCUT2D eigenvalue weighted by Crippen LogP contribution is 2.28. The van der Waals surface area contributed by atoms with Crippen molar-refractivity contribution in [2.75, 3.05) is 20.2 Å². The van der Waals surface area contributed by atoms with Crippen LogP contribution in [0, 0.1) is 11.8 Å². The summed E-state index contributed by atoms with van der Waals surface area (Å²) in [5.74, 6) is 1.57. The number of ether oxygens (including phenoxy) is 1. The maximum Gasteiger partial charge on any atom is 0.252 e. The van der Waals surface area contributed by atoms with E-state index in [1.807, 2.05) is 42.1 Å². The highest BCUT2D eigenvalue weighted by molar-refractivity contribution is 7.89. The number of nitrogens with one attached hydrogen (secondary N) is 1. The van der Waals surface area contributed by atoms with E-state index in [4.69, 9.17) is 4.74 Å². The molecule has 186 valence electrons. The van der Waals surface area contributed by atoms with Crippen LogP contribution in [0.1, 0.15) is 48.1 Å². The Morgan fingerprint density at radius 1 is 1.11 bits per heavy atom. The molecule has 4 rings (SSSR count). The van der Waals surface area contributed by atoms with Crippen molar-refractivity contribution in [3.05, 3.63) is 77.9 Å². The van der Waals surface area contributed by atoms with Crippen LogP contribution >= 0.6 is 0 Å². The molecule has 1 N–H and O–H groups in total. The van der Waals surface area contributed by atoms with E-state index in [0.717, 1.165) is 12.0 Å². The maximum absolute atomic E-state index is 13.4. The van der Waals surface area contributed by atoms with Gasteiger partial charge in [0.2, 0.25) is 10.0 Å². The first-order valence-corrected chi connectivity index (χ1v) is 13.1. The van der Waals surface area contributed by atoms with Crippen LogP contribution in [-0.4, -0.2) is 48.4 Å². The molecule has 1 aliphatic heterocycles. The lowest BCUT2D eigenvalue weighted by Crippen LogP contribution is -2.42. The summed E-state index contributed by atoms with van der Waals surface area (Å²) in [5, 5.41) is 3.03. The van der Waals surface area contributed by atoms with Gasteiger partial charge >= 0.3 is 0 Å².